The Balaban J connectivity index is 2.02. The lowest BCUT2D eigenvalue weighted by molar-refractivity contribution is 0.0457. The molecule has 0 unspecified atom stereocenters. The number of esters is 1. The zero-order valence-corrected chi connectivity index (χ0v) is 10.2. The van der Waals surface area contributed by atoms with Gasteiger partial charge in [0, 0.05) is 7.05 Å². The van der Waals surface area contributed by atoms with Crippen LogP contribution in [0.15, 0.2) is 22.9 Å². The molecule has 17 heavy (non-hydrogen) atoms. The summed E-state index contributed by atoms with van der Waals surface area (Å²) < 4.78 is 11.8. The third-order valence-corrected chi connectivity index (χ3v) is 2.79. The molecule has 5 nitrogen and oxygen atoms in total. The van der Waals surface area contributed by atoms with Crippen molar-refractivity contribution in [2.75, 3.05) is 0 Å². The molecule has 0 atom stereocenters. The van der Waals surface area contributed by atoms with E-state index in [0.717, 1.165) is 0 Å². The topological polar surface area (TPSA) is 57.3 Å². The average molecular weight is 255 g/mol. The first-order valence-corrected chi connectivity index (χ1v) is 5.34. The molecule has 6 heteroatoms. The first-order chi connectivity index (χ1) is 8.09. The standard InChI is InChI=1S/C11H11ClN2O3/c1-7-8(3-4-16-7)11(15)17-6-10-13-5-9(12)14(10)2/h3-5H,6H2,1-2H3. The van der Waals surface area contributed by atoms with Crippen LogP contribution < -0.4 is 0 Å². The summed E-state index contributed by atoms with van der Waals surface area (Å²) in [7, 11) is 1.75. The van der Waals surface area contributed by atoms with Crippen molar-refractivity contribution in [2.24, 2.45) is 7.05 Å². The van der Waals surface area contributed by atoms with Crippen LogP contribution in [0.3, 0.4) is 0 Å². The molecule has 2 aromatic rings. The molecule has 0 aliphatic carbocycles. The number of carbonyl (C=O) groups excluding carboxylic acids is 1. The fraction of sp³-hybridized carbons (Fsp3) is 0.273. The molecule has 2 aromatic heterocycles. The van der Waals surface area contributed by atoms with Crippen LogP contribution in [-0.2, 0) is 18.4 Å². The van der Waals surface area contributed by atoms with Crippen molar-refractivity contribution in [1.82, 2.24) is 9.55 Å². The van der Waals surface area contributed by atoms with Crippen LogP contribution >= 0.6 is 11.6 Å². The van der Waals surface area contributed by atoms with Gasteiger partial charge in [0.05, 0.1) is 12.5 Å². The van der Waals surface area contributed by atoms with Crippen molar-refractivity contribution in [3.8, 4) is 0 Å². The normalized spacial score (nSPS) is 10.5. The maximum Gasteiger partial charge on any atom is 0.342 e. The van der Waals surface area contributed by atoms with E-state index in [1.807, 2.05) is 0 Å². The van der Waals surface area contributed by atoms with E-state index < -0.39 is 5.97 Å². The number of aromatic nitrogens is 2. The minimum Gasteiger partial charge on any atom is -0.469 e. The van der Waals surface area contributed by atoms with Crippen LogP contribution in [-0.4, -0.2) is 15.5 Å². The van der Waals surface area contributed by atoms with Crippen molar-refractivity contribution in [3.63, 3.8) is 0 Å². The summed E-state index contributed by atoms with van der Waals surface area (Å²) >= 11 is 5.81. The second-order valence-electron chi connectivity index (χ2n) is 3.52. The molecule has 0 fully saturated rings. The van der Waals surface area contributed by atoms with E-state index in [2.05, 4.69) is 4.98 Å². The Morgan fingerprint density at radius 3 is 2.94 bits per heavy atom. The fourth-order valence-corrected chi connectivity index (χ4v) is 1.51. The number of aryl methyl sites for hydroxylation is 1. The molecule has 0 aliphatic heterocycles. The van der Waals surface area contributed by atoms with E-state index in [9.17, 15) is 4.79 Å². The van der Waals surface area contributed by atoms with Crippen molar-refractivity contribution < 1.29 is 13.9 Å². The SMILES string of the molecule is Cc1occc1C(=O)OCc1ncc(Cl)n1C. The highest BCUT2D eigenvalue weighted by atomic mass is 35.5. The predicted octanol–water partition coefficient (Wildman–Crippen LogP) is 2.33. The maximum absolute atomic E-state index is 11.7. The Morgan fingerprint density at radius 1 is 1.65 bits per heavy atom. The highest BCUT2D eigenvalue weighted by Crippen LogP contribution is 2.13. The van der Waals surface area contributed by atoms with Crippen molar-refractivity contribution in [1.29, 1.82) is 0 Å². The van der Waals surface area contributed by atoms with Gasteiger partial charge in [-0.1, -0.05) is 11.6 Å². The zero-order valence-electron chi connectivity index (χ0n) is 9.44. The molecule has 0 aliphatic rings. The van der Waals surface area contributed by atoms with Gasteiger partial charge in [-0.25, -0.2) is 9.78 Å². The van der Waals surface area contributed by atoms with Crippen LogP contribution in [0.4, 0.5) is 0 Å². The van der Waals surface area contributed by atoms with E-state index in [0.29, 0.717) is 22.3 Å². The third-order valence-electron chi connectivity index (χ3n) is 2.44. The molecule has 0 amide bonds. The maximum atomic E-state index is 11.7. The molecule has 0 bridgehead atoms. The Hall–Kier alpha value is -1.75. The minimum absolute atomic E-state index is 0.0761. The van der Waals surface area contributed by atoms with Gasteiger partial charge >= 0.3 is 5.97 Å². The smallest absolute Gasteiger partial charge is 0.342 e. The van der Waals surface area contributed by atoms with Gasteiger partial charge in [-0.2, -0.15) is 0 Å². The highest BCUT2D eigenvalue weighted by Gasteiger charge is 2.14. The number of furan rings is 1. The number of hydrogen-bond acceptors (Lipinski definition) is 4. The van der Waals surface area contributed by atoms with Gasteiger partial charge in [-0.15, -0.1) is 0 Å². The molecule has 2 rings (SSSR count). The monoisotopic (exact) mass is 254 g/mol. The molecule has 0 saturated heterocycles. The largest absolute Gasteiger partial charge is 0.469 e. The van der Waals surface area contributed by atoms with E-state index in [1.54, 1.807) is 24.6 Å². The molecule has 90 valence electrons. The lowest BCUT2D eigenvalue weighted by Gasteiger charge is -2.04. The Labute approximate surface area is 103 Å². The Kier molecular flexibility index (Phi) is 3.19. The third kappa shape index (κ3) is 2.34. The van der Waals surface area contributed by atoms with Gasteiger partial charge in [0.25, 0.3) is 0 Å². The average Bonchev–Trinajstić information content (AvgIpc) is 2.85. The van der Waals surface area contributed by atoms with Gasteiger partial charge in [0.1, 0.15) is 28.9 Å². The quantitative estimate of drug-likeness (QED) is 0.789. The second kappa shape index (κ2) is 4.63. The van der Waals surface area contributed by atoms with E-state index in [-0.39, 0.29) is 6.61 Å². The predicted molar refractivity (Wildman–Crippen MR) is 60.8 cm³/mol. The lowest BCUT2D eigenvalue weighted by atomic mass is 10.3. The van der Waals surface area contributed by atoms with Gasteiger partial charge < -0.3 is 13.7 Å². The number of imidazole rings is 1. The van der Waals surface area contributed by atoms with Crippen LogP contribution in [0.2, 0.25) is 5.15 Å². The highest BCUT2D eigenvalue weighted by molar-refractivity contribution is 6.29. The van der Waals surface area contributed by atoms with Crippen LogP contribution in [0.5, 0.6) is 0 Å². The zero-order chi connectivity index (χ0) is 12.4. The molecule has 0 saturated carbocycles. The van der Waals surface area contributed by atoms with Crippen molar-refractivity contribution in [3.05, 3.63) is 40.8 Å². The molecule has 0 spiro atoms. The number of ether oxygens (including phenoxy) is 1. The summed E-state index contributed by atoms with van der Waals surface area (Å²) in [5, 5.41) is 0.496. The molecular formula is C11H11ClN2O3. The first-order valence-electron chi connectivity index (χ1n) is 4.97. The number of halogens is 1. The van der Waals surface area contributed by atoms with Crippen LogP contribution in [0.1, 0.15) is 21.9 Å². The summed E-state index contributed by atoms with van der Waals surface area (Å²) in [6.45, 7) is 1.78. The molecule has 2 heterocycles. The number of nitrogens with zero attached hydrogens (tertiary/aromatic N) is 2. The Morgan fingerprint density at radius 2 is 2.41 bits per heavy atom. The summed E-state index contributed by atoms with van der Waals surface area (Å²) in [5.41, 5.74) is 0.422. The van der Waals surface area contributed by atoms with Gasteiger partial charge in [-0.05, 0) is 13.0 Å². The number of carbonyl (C=O) groups is 1. The van der Waals surface area contributed by atoms with Gasteiger partial charge in [0.15, 0.2) is 0 Å². The molecule has 0 N–H and O–H groups in total. The molecule has 0 radical (unpaired) electrons. The number of rotatable bonds is 3. The van der Waals surface area contributed by atoms with E-state index in [4.69, 9.17) is 20.8 Å². The lowest BCUT2D eigenvalue weighted by Crippen LogP contribution is -2.08. The second-order valence-corrected chi connectivity index (χ2v) is 3.91. The minimum atomic E-state index is -0.435. The summed E-state index contributed by atoms with van der Waals surface area (Å²) in [6.07, 6.45) is 2.96. The molecular weight excluding hydrogens is 244 g/mol. The van der Waals surface area contributed by atoms with Gasteiger partial charge in [-0.3, -0.25) is 0 Å². The summed E-state index contributed by atoms with van der Waals surface area (Å²) in [5.74, 6) is 0.688. The fourth-order valence-electron chi connectivity index (χ4n) is 1.36. The Bertz CT molecular complexity index is 545. The van der Waals surface area contributed by atoms with E-state index in [1.165, 1.54) is 12.5 Å². The van der Waals surface area contributed by atoms with Gasteiger partial charge in [0.2, 0.25) is 0 Å². The number of hydrogen-bond donors (Lipinski definition) is 0. The molecule has 0 aromatic carbocycles. The van der Waals surface area contributed by atoms with Crippen LogP contribution in [0.25, 0.3) is 0 Å². The first kappa shape index (κ1) is 11.7. The van der Waals surface area contributed by atoms with Crippen molar-refractivity contribution in [2.45, 2.75) is 13.5 Å². The summed E-state index contributed by atoms with van der Waals surface area (Å²) in [4.78, 5) is 15.7. The van der Waals surface area contributed by atoms with E-state index >= 15 is 0 Å². The van der Waals surface area contributed by atoms with Crippen molar-refractivity contribution >= 4 is 17.6 Å². The van der Waals surface area contributed by atoms with Crippen LogP contribution in [0, 0.1) is 6.92 Å². The summed E-state index contributed by atoms with van der Waals surface area (Å²) in [6, 6.07) is 1.57.